The molecule has 1 aromatic heterocycles. The van der Waals surface area contributed by atoms with E-state index in [1.165, 1.54) is 0 Å². The van der Waals surface area contributed by atoms with Gasteiger partial charge in [0.1, 0.15) is 29.7 Å². The van der Waals surface area contributed by atoms with Crippen LogP contribution in [0.25, 0.3) is 0 Å². The third-order valence-corrected chi connectivity index (χ3v) is 3.00. The van der Waals surface area contributed by atoms with Crippen molar-refractivity contribution >= 4 is 11.8 Å². The first kappa shape index (κ1) is 14.4. The Morgan fingerprint density at radius 2 is 2.10 bits per heavy atom. The van der Waals surface area contributed by atoms with Gasteiger partial charge in [0.05, 0.1) is 6.61 Å². The molecule has 1 aromatic rings. The molecule has 10 heteroatoms. The van der Waals surface area contributed by atoms with Crippen molar-refractivity contribution in [1.29, 1.82) is 0 Å². The van der Waals surface area contributed by atoms with Crippen LogP contribution in [0.3, 0.4) is 0 Å². The van der Waals surface area contributed by atoms with E-state index in [1.807, 2.05) is 0 Å². The van der Waals surface area contributed by atoms with Crippen LogP contribution in [-0.4, -0.2) is 60.9 Å². The van der Waals surface area contributed by atoms with Gasteiger partial charge < -0.3 is 30.9 Å². The molecule has 1 fully saturated rings. The number of anilines is 1. The van der Waals surface area contributed by atoms with Gasteiger partial charge in [-0.2, -0.15) is 4.98 Å². The van der Waals surface area contributed by atoms with Gasteiger partial charge in [-0.25, -0.2) is 9.59 Å². The number of ether oxygens (including phenoxy) is 1. The SMILES string of the molecule is Nc1nc(=O)n(C2OC(CO)C(O)C2O)cc1C(=O)O. The van der Waals surface area contributed by atoms with Gasteiger partial charge in [-0.15, -0.1) is 0 Å². The number of nitrogens with zero attached hydrogens (tertiary/aromatic N) is 2. The Balaban J connectivity index is 2.46. The van der Waals surface area contributed by atoms with Crippen molar-refractivity contribution in [2.75, 3.05) is 12.3 Å². The molecular weight excluding hydrogens is 274 g/mol. The van der Waals surface area contributed by atoms with E-state index < -0.39 is 54.2 Å². The molecule has 0 bridgehead atoms. The van der Waals surface area contributed by atoms with E-state index in [9.17, 15) is 19.8 Å². The second-order valence-electron chi connectivity index (χ2n) is 4.26. The summed E-state index contributed by atoms with van der Waals surface area (Å²) < 4.78 is 5.83. The van der Waals surface area contributed by atoms with E-state index in [-0.39, 0.29) is 0 Å². The lowest BCUT2D eigenvalue weighted by Crippen LogP contribution is -2.36. The molecule has 1 aliphatic heterocycles. The first-order chi connectivity index (χ1) is 9.36. The van der Waals surface area contributed by atoms with E-state index >= 15 is 0 Å². The number of hydrogen-bond acceptors (Lipinski definition) is 8. The standard InChI is InChI=1S/C10H13N3O7/c11-7-3(9(17)18)1-13(10(19)12-7)8-6(16)5(15)4(2-14)20-8/h1,4-6,8,14-16H,2H2,(H,17,18)(H2,11,12,19). The quantitative estimate of drug-likeness (QED) is 0.392. The average molecular weight is 287 g/mol. The minimum Gasteiger partial charge on any atom is -0.478 e. The molecule has 10 nitrogen and oxygen atoms in total. The molecule has 4 unspecified atom stereocenters. The van der Waals surface area contributed by atoms with Gasteiger partial charge in [-0.1, -0.05) is 0 Å². The van der Waals surface area contributed by atoms with Crippen LogP contribution in [0.5, 0.6) is 0 Å². The van der Waals surface area contributed by atoms with Crippen molar-refractivity contribution in [3.05, 3.63) is 22.2 Å². The molecule has 2 heterocycles. The molecule has 0 saturated carbocycles. The predicted octanol–water partition coefficient (Wildman–Crippen LogP) is -2.86. The van der Waals surface area contributed by atoms with Crippen LogP contribution >= 0.6 is 0 Å². The van der Waals surface area contributed by atoms with Crippen LogP contribution in [0.15, 0.2) is 11.0 Å². The van der Waals surface area contributed by atoms with Gasteiger partial charge in [0.25, 0.3) is 0 Å². The van der Waals surface area contributed by atoms with E-state index in [0.717, 1.165) is 6.20 Å². The second-order valence-corrected chi connectivity index (χ2v) is 4.26. The van der Waals surface area contributed by atoms with E-state index in [1.54, 1.807) is 0 Å². The van der Waals surface area contributed by atoms with Crippen LogP contribution in [0.4, 0.5) is 5.82 Å². The van der Waals surface area contributed by atoms with Crippen LogP contribution in [0.1, 0.15) is 16.6 Å². The molecule has 0 aromatic carbocycles. The molecule has 1 saturated heterocycles. The van der Waals surface area contributed by atoms with Crippen molar-refractivity contribution in [2.45, 2.75) is 24.5 Å². The van der Waals surface area contributed by atoms with E-state index in [0.29, 0.717) is 4.57 Å². The van der Waals surface area contributed by atoms with Gasteiger partial charge in [0.15, 0.2) is 6.23 Å². The molecule has 0 radical (unpaired) electrons. The summed E-state index contributed by atoms with van der Waals surface area (Å²) in [4.78, 5) is 26.0. The lowest BCUT2D eigenvalue weighted by atomic mass is 10.1. The molecule has 0 aliphatic carbocycles. The number of rotatable bonds is 3. The summed E-state index contributed by atoms with van der Waals surface area (Å²) in [5, 5.41) is 37.3. The molecule has 110 valence electrons. The summed E-state index contributed by atoms with van der Waals surface area (Å²) in [5.41, 5.74) is 3.92. The fourth-order valence-electron chi connectivity index (χ4n) is 1.94. The fraction of sp³-hybridized carbons (Fsp3) is 0.500. The van der Waals surface area contributed by atoms with Gasteiger partial charge in [0, 0.05) is 6.20 Å². The van der Waals surface area contributed by atoms with Crippen molar-refractivity contribution in [2.24, 2.45) is 0 Å². The maximum atomic E-state index is 11.7. The van der Waals surface area contributed by atoms with E-state index in [4.69, 9.17) is 20.7 Å². The predicted molar refractivity (Wildman–Crippen MR) is 62.9 cm³/mol. The number of aromatic carboxylic acids is 1. The number of hydrogen-bond donors (Lipinski definition) is 5. The molecule has 0 amide bonds. The van der Waals surface area contributed by atoms with Crippen molar-refractivity contribution in [1.82, 2.24) is 9.55 Å². The monoisotopic (exact) mass is 287 g/mol. The summed E-state index contributed by atoms with van der Waals surface area (Å²) in [6.45, 7) is -0.572. The Labute approximate surface area is 111 Å². The zero-order chi connectivity index (χ0) is 15.0. The fourth-order valence-corrected chi connectivity index (χ4v) is 1.94. The van der Waals surface area contributed by atoms with Crippen LogP contribution in [-0.2, 0) is 4.74 Å². The van der Waals surface area contributed by atoms with Crippen molar-refractivity contribution in [3.8, 4) is 0 Å². The molecule has 0 spiro atoms. The van der Waals surface area contributed by atoms with E-state index in [2.05, 4.69) is 4.98 Å². The first-order valence-corrected chi connectivity index (χ1v) is 5.61. The molecular formula is C10H13N3O7. The number of aliphatic hydroxyl groups excluding tert-OH is 3. The second kappa shape index (κ2) is 5.17. The Bertz CT molecular complexity index is 587. The maximum Gasteiger partial charge on any atom is 0.351 e. The number of nitrogens with two attached hydrogens (primary N) is 1. The summed E-state index contributed by atoms with van der Waals surface area (Å²) in [7, 11) is 0. The van der Waals surface area contributed by atoms with Crippen LogP contribution < -0.4 is 11.4 Å². The Hall–Kier alpha value is -2.01. The Morgan fingerprint density at radius 1 is 1.45 bits per heavy atom. The Morgan fingerprint density at radius 3 is 2.60 bits per heavy atom. The summed E-state index contributed by atoms with van der Waals surface area (Å²) in [6, 6.07) is 0. The summed E-state index contributed by atoms with van der Waals surface area (Å²) >= 11 is 0. The summed E-state index contributed by atoms with van der Waals surface area (Å²) in [5.74, 6) is -1.87. The molecule has 1 aliphatic rings. The highest BCUT2D eigenvalue weighted by Gasteiger charge is 2.44. The first-order valence-electron chi connectivity index (χ1n) is 5.61. The van der Waals surface area contributed by atoms with Crippen LogP contribution in [0, 0.1) is 0 Å². The highest BCUT2D eigenvalue weighted by molar-refractivity contribution is 5.92. The van der Waals surface area contributed by atoms with Gasteiger partial charge in [0.2, 0.25) is 0 Å². The van der Waals surface area contributed by atoms with Gasteiger partial charge >= 0.3 is 11.7 Å². The smallest absolute Gasteiger partial charge is 0.351 e. The van der Waals surface area contributed by atoms with Gasteiger partial charge in [-0.05, 0) is 0 Å². The third-order valence-electron chi connectivity index (χ3n) is 3.00. The minimum atomic E-state index is -1.52. The number of nitrogen functional groups attached to an aromatic ring is 1. The number of aliphatic hydroxyl groups is 3. The summed E-state index contributed by atoms with van der Waals surface area (Å²) in [6.07, 6.45) is -4.51. The molecule has 2 rings (SSSR count). The molecule has 20 heavy (non-hydrogen) atoms. The van der Waals surface area contributed by atoms with Crippen molar-refractivity contribution < 1.29 is 30.0 Å². The normalized spacial score (nSPS) is 29.6. The number of carboxylic acids is 1. The minimum absolute atomic E-state index is 0.442. The molecule has 6 N–H and O–H groups in total. The van der Waals surface area contributed by atoms with Crippen LogP contribution in [0.2, 0.25) is 0 Å². The lowest BCUT2D eigenvalue weighted by molar-refractivity contribution is -0.0550. The highest BCUT2D eigenvalue weighted by Crippen LogP contribution is 2.28. The van der Waals surface area contributed by atoms with Crippen molar-refractivity contribution in [3.63, 3.8) is 0 Å². The molecule has 4 atom stereocenters. The third kappa shape index (κ3) is 2.25. The topological polar surface area (TPSA) is 168 Å². The largest absolute Gasteiger partial charge is 0.478 e. The Kier molecular flexibility index (Phi) is 3.72. The number of aromatic nitrogens is 2. The average Bonchev–Trinajstić information content (AvgIpc) is 2.66. The number of carbonyl (C=O) groups is 1. The van der Waals surface area contributed by atoms with Gasteiger partial charge in [-0.3, -0.25) is 4.57 Å². The number of carboxylic acid groups (broad SMARTS) is 1. The lowest BCUT2D eigenvalue weighted by Gasteiger charge is -2.17. The maximum absolute atomic E-state index is 11.7. The zero-order valence-electron chi connectivity index (χ0n) is 10.1. The zero-order valence-corrected chi connectivity index (χ0v) is 10.1. The highest BCUT2D eigenvalue weighted by atomic mass is 16.6.